The third-order valence-electron chi connectivity index (χ3n) is 2.85. The highest BCUT2D eigenvalue weighted by Gasteiger charge is 2.25. The Morgan fingerprint density at radius 3 is 2.67 bits per heavy atom. The summed E-state index contributed by atoms with van der Waals surface area (Å²) in [7, 11) is 0. The van der Waals surface area contributed by atoms with Crippen LogP contribution < -0.4 is 0 Å². The molecule has 1 saturated heterocycles. The van der Waals surface area contributed by atoms with Crippen molar-refractivity contribution in [3.8, 4) is 0 Å². The lowest BCUT2D eigenvalue weighted by Crippen LogP contribution is -2.44. The van der Waals surface area contributed by atoms with Crippen molar-refractivity contribution < 1.29 is 0 Å². The Morgan fingerprint density at radius 1 is 1.50 bits per heavy atom. The molecule has 1 rings (SSSR count). The van der Waals surface area contributed by atoms with E-state index in [9.17, 15) is 0 Å². The lowest BCUT2D eigenvalue weighted by molar-refractivity contribution is 0.138. The van der Waals surface area contributed by atoms with E-state index in [1.165, 1.54) is 19.4 Å². The summed E-state index contributed by atoms with van der Waals surface area (Å²) < 4.78 is 0. The first-order valence-electron chi connectivity index (χ1n) is 5.01. The fraction of sp³-hybridized carbons (Fsp3) is 1.00. The predicted molar refractivity (Wildman–Crippen MR) is 54.7 cm³/mol. The van der Waals surface area contributed by atoms with Crippen LogP contribution in [0.5, 0.6) is 0 Å². The fourth-order valence-corrected chi connectivity index (χ4v) is 2.41. The third kappa shape index (κ3) is 2.63. The quantitative estimate of drug-likeness (QED) is 0.604. The molecule has 1 aliphatic rings. The summed E-state index contributed by atoms with van der Waals surface area (Å²) in [5.41, 5.74) is 0. The van der Waals surface area contributed by atoms with Crippen LogP contribution in [0.15, 0.2) is 0 Å². The topological polar surface area (TPSA) is 3.24 Å². The van der Waals surface area contributed by atoms with Crippen LogP contribution in [0, 0.1) is 5.92 Å². The van der Waals surface area contributed by atoms with E-state index in [4.69, 9.17) is 11.6 Å². The van der Waals surface area contributed by atoms with Crippen LogP contribution >= 0.6 is 11.6 Å². The van der Waals surface area contributed by atoms with Crippen LogP contribution in [0.3, 0.4) is 0 Å². The molecular weight excluding hydrogens is 170 g/mol. The highest BCUT2D eigenvalue weighted by atomic mass is 35.5. The minimum Gasteiger partial charge on any atom is -0.299 e. The average molecular weight is 190 g/mol. The molecular formula is C10H20ClN. The predicted octanol–water partition coefficient (Wildman–Crippen LogP) is 2.73. The second-order valence-corrected chi connectivity index (χ2v) is 4.77. The Labute approximate surface area is 81.1 Å². The van der Waals surface area contributed by atoms with Crippen molar-refractivity contribution in [1.29, 1.82) is 0 Å². The van der Waals surface area contributed by atoms with E-state index in [2.05, 4.69) is 25.7 Å². The molecule has 0 spiro atoms. The number of hydrogen-bond acceptors (Lipinski definition) is 1. The minimum atomic E-state index is 0.378. The highest BCUT2D eigenvalue weighted by Crippen LogP contribution is 2.22. The van der Waals surface area contributed by atoms with Crippen molar-refractivity contribution >= 4 is 11.6 Å². The van der Waals surface area contributed by atoms with Gasteiger partial charge in [0.05, 0.1) is 0 Å². The summed E-state index contributed by atoms with van der Waals surface area (Å²) in [6.45, 7) is 9.15. The maximum absolute atomic E-state index is 6.17. The van der Waals surface area contributed by atoms with Crippen LogP contribution in [0.25, 0.3) is 0 Å². The molecule has 0 aromatic carbocycles. The standard InChI is InChI=1S/C10H20ClN/c1-4-9(3)12-6-8(2)5-10(11)7-12/h8-10H,4-7H2,1-3H3. The Balaban J connectivity index is 2.43. The number of piperidine rings is 1. The molecule has 0 aromatic heterocycles. The molecule has 0 bridgehead atoms. The number of nitrogens with zero attached hydrogens (tertiary/aromatic N) is 1. The third-order valence-corrected chi connectivity index (χ3v) is 3.17. The van der Waals surface area contributed by atoms with Crippen molar-refractivity contribution in [1.82, 2.24) is 4.90 Å². The van der Waals surface area contributed by atoms with Crippen LogP contribution in [0.1, 0.15) is 33.6 Å². The summed E-state index contributed by atoms with van der Waals surface area (Å²) in [4.78, 5) is 2.52. The molecule has 0 aliphatic carbocycles. The summed E-state index contributed by atoms with van der Waals surface area (Å²) in [5.74, 6) is 0.773. The van der Waals surface area contributed by atoms with Crippen LogP contribution in [-0.2, 0) is 0 Å². The van der Waals surface area contributed by atoms with Gasteiger partial charge in [-0.2, -0.15) is 0 Å². The van der Waals surface area contributed by atoms with E-state index in [0.717, 1.165) is 12.5 Å². The van der Waals surface area contributed by atoms with Gasteiger partial charge in [-0.3, -0.25) is 4.90 Å². The van der Waals surface area contributed by atoms with E-state index in [0.29, 0.717) is 11.4 Å². The molecule has 1 nitrogen and oxygen atoms in total. The molecule has 1 aliphatic heterocycles. The largest absolute Gasteiger partial charge is 0.299 e. The van der Waals surface area contributed by atoms with Gasteiger partial charge in [0, 0.05) is 24.5 Å². The molecule has 0 radical (unpaired) electrons. The van der Waals surface area contributed by atoms with Gasteiger partial charge in [-0.15, -0.1) is 11.6 Å². The normalized spacial score (nSPS) is 35.0. The number of halogens is 1. The maximum atomic E-state index is 6.17. The number of rotatable bonds is 2. The smallest absolute Gasteiger partial charge is 0.0466 e. The fourth-order valence-electron chi connectivity index (χ4n) is 1.93. The van der Waals surface area contributed by atoms with Gasteiger partial charge in [0.2, 0.25) is 0 Å². The molecule has 0 amide bonds. The zero-order chi connectivity index (χ0) is 9.14. The summed E-state index contributed by atoms with van der Waals surface area (Å²) in [6, 6.07) is 0.703. The van der Waals surface area contributed by atoms with Gasteiger partial charge in [0.1, 0.15) is 0 Å². The zero-order valence-electron chi connectivity index (χ0n) is 8.39. The van der Waals surface area contributed by atoms with Crippen molar-refractivity contribution in [2.45, 2.75) is 45.0 Å². The summed E-state index contributed by atoms with van der Waals surface area (Å²) in [6.07, 6.45) is 2.42. The van der Waals surface area contributed by atoms with Crippen LogP contribution in [0.2, 0.25) is 0 Å². The van der Waals surface area contributed by atoms with Crippen molar-refractivity contribution in [2.75, 3.05) is 13.1 Å². The second-order valence-electron chi connectivity index (χ2n) is 4.15. The molecule has 0 aromatic rings. The Morgan fingerprint density at radius 2 is 2.17 bits per heavy atom. The van der Waals surface area contributed by atoms with Crippen molar-refractivity contribution in [2.24, 2.45) is 5.92 Å². The zero-order valence-corrected chi connectivity index (χ0v) is 9.14. The van der Waals surface area contributed by atoms with E-state index in [1.54, 1.807) is 0 Å². The Hall–Kier alpha value is 0.250. The summed E-state index contributed by atoms with van der Waals surface area (Å²) in [5, 5.41) is 0.378. The van der Waals surface area contributed by atoms with Gasteiger partial charge in [-0.25, -0.2) is 0 Å². The van der Waals surface area contributed by atoms with E-state index >= 15 is 0 Å². The average Bonchev–Trinajstić information content (AvgIpc) is 2.01. The molecule has 0 saturated carbocycles. The van der Waals surface area contributed by atoms with Gasteiger partial charge in [0.15, 0.2) is 0 Å². The maximum Gasteiger partial charge on any atom is 0.0466 e. The summed E-state index contributed by atoms with van der Waals surface area (Å²) >= 11 is 6.17. The molecule has 12 heavy (non-hydrogen) atoms. The lowest BCUT2D eigenvalue weighted by Gasteiger charge is -2.37. The van der Waals surface area contributed by atoms with E-state index in [-0.39, 0.29) is 0 Å². The number of likely N-dealkylation sites (tertiary alicyclic amines) is 1. The Bertz CT molecular complexity index is 128. The molecule has 72 valence electrons. The number of hydrogen-bond donors (Lipinski definition) is 0. The van der Waals surface area contributed by atoms with E-state index in [1.807, 2.05) is 0 Å². The van der Waals surface area contributed by atoms with Gasteiger partial charge >= 0.3 is 0 Å². The van der Waals surface area contributed by atoms with Gasteiger partial charge in [-0.1, -0.05) is 13.8 Å². The molecule has 1 fully saturated rings. The Kier molecular flexibility index (Phi) is 3.85. The molecule has 1 heterocycles. The van der Waals surface area contributed by atoms with Gasteiger partial charge < -0.3 is 0 Å². The first-order valence-corrected chi connectivity index (χ1v) is 5.45. The molecule has 3 atom stereocenters. The van der Waals surface area contributed by atoms with Crippen LogP contribution in [0.4, 0.5) is 0 Å². The first kappa shape index (κ1) is 10.3. The van der Waals surface area contributed by atoms with E-state index < -0.39 is 0 Å². The minimum absolute atomic E-state index is 0.378. The first-order chi connectivity index (χ1) is 5.63. The second kappa shape index (κ2) is 4.48. The van der Waals surface area contributed by atoms with Crippen LogP contribution in [-0.4, -0.2) is 29.4 Å². The SMILES string of the molecule is CCC(C)N1CC(C)CC(Cl)C1. The molecule has 0 N–H and O–H groups in total. The number of alkyl halides is 1. The molecule has 3 unspecified atom stereocenters. The highest BCUT2D eigenvalue weighted by molar-refractivity contribution is 6.20. The van der Waals surface area contributed by atoms with Crippen molar-refractivity contribution in [3.63, 3.8) is 0 Å². The van der Waals surface area contributed by atoms with Gasteiger partial charge in [-0.05, 0) is 25.7 Å². The van der Waals surface area contributed by atoms with Crippen molar-refractivity contribution in [3.05, 3.63) is 0 Å². The molecule has 2 heteroatoms. The van der Waals surface area contributed by atoms with Gasteiger partial charge in [0.25, 0.3) is 0 Å². The lowest BCUT2D eigenvalue weighted by atomic mass is 9.98. The monoisotopic (exact) mass is 189 g/mol.